The highest BCUT2D eigenvalue weighted by molar-refractivity contribution is 5.95. The predicted octanol–water partition coefficient (Wildman–Crippen LogP) is 14.5. The first-order valence-electron chi connectivity index (χ1n) is 21.3. The van der Waals surface area contributed by atoms with Crippen LogP contribution in [0.4, 0.5) is 17.1 Å². The van der Waals surface area contributed by atoms with Crippen molar-refractivity contribution in [3.8, 4) is 33.4 Å². The molecule has 0 amide bonds. The zero-order valence-corrected chi connectivity index (χ0v) is 33.7. The van der Waals surface area contributed by atoms with Gasteiger partial charge in [-0.2, -0.15) is 0 Å². The van der Waals surface area contributed by atoms with Crippen molar-refractivity contribution in [3.05, 3.63) is 268 Å². The van der Waals surface area contributed by atoms with Gasteiger partial charge in [-0.05, 0) is 125 Å². The second-order valence-corrected chi connectivity index (χ2v) is 17.5. The predicted molar refractivity (Wildman–Crippen MR) is 247 cm³/mol. The molecule has 0 saturated heterocycles. The molecule has 282 valence electrons. The lowest BCUT2D eigenvalue weighted by Gasteiger charge is -2.49. The van der Waals surface area contributed by atoms with Crippen LogP contribution in [-0.2, 0) is 16.2 Å². The van der Waals surface area contributed by atoms with E-state index in [-0.39, 0.29) is 5.41 Å². The normalized spacial score (nSPS) is 15.6. The van der Waals surface area contributed by atoms with Gasteiger partial charge in [-0.1, -0.05) is 190 Å². The minimum atomic E-state index is -0.559. The van der Waals surface area contributed by atoms with Crippen LogP contribution in [0.3, 0.4) is 0 Å². The van der Waals surface area contributed by atoms with Crippen LogP contribution in [0.1, 0.15) is 69.5 Å². The van der Waals surface area contributed by atoms with Gasteiger partial charge in [0.1, 0.15) is 0 Å². The van der Waals surface area contributed by atoms with E-state index in [0.717, 1.165) is 17.1 Å². The summed E-state index contributed by atoms with van der Waals surface area (Å²) in [5, 5.41) is 0. The molecular formula is C59H41N. The summed E-state index contributed by atoms with van der Waals surface area (Å²) in [6.07, 6.45) is 0. The summed E-state index contributed by atoms with van der Waals surface area (Å²) in [5.41, 5.74) is 23.8. The molecule has 0 aliphatic heterocycles. The Hall–Kier alpha value is -7.22. The molecule has 0 aromatic heterocycles. The van der Waals surface area contributed by atoms with Crippen molar-refractivity contribution < 1.29 is 0 Å². The molecule has 0 saturated carbocycles. The van der Waals surface area contributed by atoms with Crippen molar-refractivity contribution in [2.45, 2.75) is 30.1 Å². The van der Waals surface area contributed by atoms with Crippen LogP contribution >= 0.6 is 0 Å². The third kappa shape index (κ3) is 4.03. The Morgan fingerprint density at radius 1 is 0.250 bits per heavy atom. The number of hydrogen-bond acceptors (Lipinski definition) is 1. The van der Waals surface area contributed by atoms with E-state index in [0.29, 0.717) is 0 Å². The Labute approximate surface area is 351 Å². The SMILES string of the molecule is CC1(C)c2ccccc2-c2ccc(N(c3ccccc3)c3ccc4c(c3)C3(c5ccccc5-4)c4ccccc4C4(c5ccccc5-c5ccccc54)c4ccccc43)cc21. The molecule has 2 spiro atoms. The molecule has 4 aliphatic carbocycles. The van der Waals surface area contributed by atoms with Crippen LogP contribution in [0, 0.1) is 0 Å². The Morgan fingerprint density at radius 3 is 1.03 bits per heavy atom. The Bertz CT molecular complexity index is 3160. The molecule has 0 radical (unpaired) electrons. The van der Waals surface area contributed by atoms with Crippen LogP contribution < -0.4 is 4.90 Å². The lowest BCUT2D eigenvalue weighted by molar-refractivity contribution is 0.633. The summed E-state index contributed by atoms with van der Waals surface area (Å²) in [6.45, 7) is 4.74. The minimum Gasteiger partial charge on any atom is -0.310 e. The maximum Gasteiger partial charge on any atom is 0.0720 e. The second kappa shape index (κ2) is 11.9. The first-order chi connectivity index (χ1) is 29.5. The van der Waals surface area contributed by atoms with E-state index in [1.807, 2.05) is 0 Å². The van der Waals surface area contributed by atoms with Crippen molar-refractivity contribution in [1.82, 2.24) is 0 Å². The summed E-state index contributed by atoms with van der Waals surface area (Å²) in [4.78, 5) is 2.47. The second-order valence-electron chi connectivity index (χ2n) is 17.5. The maximum atomic E-state index is 2.53. The standard InChI is InChI=1S/C59H41N/c1-57(2)47-24-10-6-20-41(47)45-34-32-39(36-55(45)57)60(38-18-4-3-5-19-38)40-33-35-46-44-23-9-13-27-50(44)59(56(46)37-40)53-30-16-14-28-51(53)58(52-29-15-17-31-54(52)59)48-25-11-7-21-42(48)43-22-8-12-26-49(43)58/h3-37H,1-2H3. The highest BCUT2D eigenvalue weighted by Gasteiger charge is 2.59. The van der Waals surface area contributed by atoms with Crippen LogP contribution in [0.2, 0.25) is 0 Å². The third-order valence-electron chi connectivity index (χ3n) is 14.5. The highest BCUT2D eigenvalue weighted by Crippen LogP contribution is 2.67. The van der Waals surface area contributed by atoms with Crippen LogP contribution in [0.15, 0.2) is 212 Å². The van der Waals surface area contributed by atoms with Crippen LogP contribution in [0.5, 0.6) is 0 Å². The van der Waals surface area contributed by atoms with Crippen molar-refractivity contribution in [1.29, 1.82) is 0 Å². The molecule has 0 fully saturated rings. The van der Waals surface area contributed by atoms with Gasteiger partial charge in [-0.25, -0.2) is 0 Å². The third-order valence-corrected chi connectivity index (χ3v) is 14.5. The number of hydrogen-bond donors (Lipinski definition) is 0. The zero-order valence-electron chi connectivity index (χ0n) is 33.7. The average Bonchev–Trinajstić information content (AvgIpc) is 3.85. The largest absolute Gasteiger partial charge is 0.310 e. The van der Waals surface area contributed by atoms with Gasteiger partial charge in [-0.3, -0.25) is 0 Å². The van der Waals surface area contributed by atoms with Gasteiger partial charge in [0.15, 0.2) is 0 Å². The first-order valence-corrected chi connectivity index (χ1v) is 21.3. The molecule has 0 unspecified atom stereocenters. The molecule has 60 heavy (non-hydrogen) atoms. The number of nitrogens with zero attached hydrogens (tertiary/aromatic N) is 1. The number of benzene rings is 9. The molecule has 0 bridgehead atoms. The van der Waals surface area contributed by atoms with Gasteiger partial charge >= 0.3 is 0 Å². The molecule has 0 heterocycles. The number of para-hydroxylation sites is 1. The molecule has 9 aromatic rings. The summed E-state index contributed by atoms with van der Waals surface area (Å²) < 4.78 is 0. The average molecular weight is 764 g/mol. The van der Waals surface area contributed by atoms with Gasteiger partial charge in [0.05, 0.1) is 10.8 Å². The van der Waals surface area contributed by atoms with E-state index >= 15 is 0 Å². The van der Waals surface area contributed by atoms with Crippen molar-refractivity contribution in [2.75, 3.05) is 4.90 Å². The summed E-state index contributed by atoms with van der Waals surface area (Å²) in [7, 11) is 0. The number of fused-ring (bicyclic) bond motifs is 19. The van der Waals surface area contributed by atoms with Gasteiger partial charge in [-0.15, -0.1) is 0 Å². The Morgan fingerprint density at radius 2 is 0.567 bits per heavy atom. The molecule has 1 nitrogen and oxygen atoms in total. The molecule has 1 heteroatoms. The van der Waals surface area contributed by atoms with E-state index in [9.17, 15) is 0 Å². The monoisotopic (exact) mass is 763 g/mol. The summed E-state index contributed by atoms with van der Waals surface area (Å²) in [6, 6.07) is 80.4. The van der Waals surface area contributed by atoms with Crippen molar-refractivity contribution in [2.24, 2.45) is 0 Å². The lowest BCUT2D eigenvalue weighted by Crippen LogP contribution is -2.43. The van der Waals surface area contributed by atoms with E-state index in [2.05, 4.69) is 231 Å². The molecule has 9 aromatic carbocycles. The topological polar surface area (TPSA) is 3.24 Å². The van der Waals surface area contributed by atoms with Gasteiger partial charge in [0.25, 0.3) is 0 Å². The fourth-order valence-electron chi connectivity index (χ4n) is 12.2. The highest BCUT2D eigenvalue weighted by atomic mass is 15.1. The Balaban J connectivity index is 1.10. The Kier molecular flexibility index (Phi) is 6.71. The van der Waals surface area contributed by atoms with Crippen molar-refractivity contribution >= 4 is 17.1 Å². The molecule has 0 N–H and O–H groups in total. The minimum absolute atomic E-state index is 0.114. The molecular weight excluding hydrogens is 723 g/mol. The zero-order chi connectivity index (χ0) is 39.8. The van der Waals surface area contributed by atoms with Crippen molar-refractivity contribution in [3.63, 3.8) is 0 Å². The quantitative estimate of drug-likeness (QED) is 0.173. The van der Waals surface area contributed by atoms with Gasteiger partial charge in [0, 0.05) is 22.5 Å². The molecule has 13 rings (SSSR count). The van der Waals surface area contributed by atoms with Crippen LogP contribution in [-0.4, -0.2) is 0 Å². The van der Waals surface area contributed by atoms with E-state index in [1.54, 1.807) is 0 Å². The van der Waals surface area contributed by atoms with E-state index in [1.165, 1.54) is 89.0 Å². The van der Waals surface area contributed by atoms with E-state index in [4.69, 9.17) is 0 Å². The van der Waals surface area contributed by atoms with Gasteiger partial charge in [0.2, 0.25) is 0 Å². The van der Waals surface area contributed by atoms with Crippen LogP contribution in [0.25, 0.3) is 33.4 Å². The van der Waals surface area contributed by atoms with Gasteiger partial charge < -0.3 is 4.90 Å². The fourth-order valence-corrected chi connectivity index (χ4v) is 12.2. The molecule has 0 atom stereocenters. The lowest BCUT2D eigenvalue weighted by atomic mass is 9.52. The fraction of sp³-hybridized carbons (Fsp3) is 0.0847. The summed E-state index contributed by atoms with van der Waals surface area (Å²) in [5.74, 6) is 0. The number of rotatable bonds is 3. The molecule has 4 aliphatic rings. The first kappa shape index (κ1) is 33.7. The number of anilines is 3. The smallest absolute Gasteiger partial charge is 0.0720 e. The summed E-state index contributed by atoms with van der Waals surface area (Å²) >= 11 is 0. The van der Waals surface area contributed by atoms with E-state index < -0.39 is 10.8 Å². The maximum absolute atomic E-state index is 2.53.